The van der Waals surface area contributed by atoms with E-state index in [1.165, 1.54) is 0 Å². The summed E-state index contributed by atoms with van der Waals surface area (Å²) >= 11 is 5.84. The van der Waals surface area contributed by atoms with Gasteiger partial charge in [-0.3, -0.25) is 0 Å². The number of ether oxygens (including phenoxy) is 1. The Morgan fingerprint density at radius 1 is 1.67 bits per heavy atom. The Kier molecular flexibility index (Phi) is 2.69. The van der Waals surface area contributed by atoms with Crippen LogP contribution in [-0.2, 0) is 4.74 Å². The maximum Gasteiger partial charge on any atom is 0.111 e. The van der Waals surface area contributed by atoms with Gasteiger partial charge in [-0.25, -0.2) is 0 Å². The van der Waals surface area contributed by atoms with Gasteiger partial charge in [0, 0.05) is 0 Å². The van der Waals surface area contributed by atoms with Crippen LogP contribution in [-0.4, -0.2) is 18.0 Å². The number of hydrogen-bond donors (Lipinski definition) is 1. The summed E-state index contributed by atoms with van der Waals surface area (Å²) in [7, 11) is 0. The first-order chi connectivity index (χ1) is 5.41. The van der Waals surface area contributed by atoms with Gasteiger partial charge in [0.1, 0.15) is 12.4 Å². The largest absolute Gasteiger partial charge is 0.495 e. The molecule has 0 aromatic carbocycles. The molecule has 2 nitrogen and oxygen atoms in total. The molecule has 1 rings (SSSR count). The van der Waals surface area contributed by atoms with Crippen molar-refractivity contribution in [3.63, 3.8) is 0 Å². The number of rotatable bonds is 1. The standard InChI is InChI=1S/C9H16ClNO/c1-9(2,3)8(11)7-4-6(10)5-12-7/h4,6,8H,5,11H2,1-3H3/t6?,8-/m0/s1. The van der Waals surface area contributed by atoms with E-state index in [0.29, 0.717) is 6.61 Å². The van der Waals surface area contributed by atoms with Crippen molar-refractivity contribution >= 4 is 11.6 Å². The minimum atomic E-state index is -0.0544. The third-order valence-corrected chi connectivity index (χ3v) is 2.25. The molecule has 0 saturated carbocycles. The summed E-state index contributed by atoms with van der Waals surface area (Å²) in [6, 6.07) is -0.0544. The monoisotopic (exact) mass is 189 g/mol. The lowest BCUT2D eigenvalue weighted by Gasteiger charge is -2.27. The van der Waals surface area contributed by atoms with Crippen LogP contribution in [0, 0.1) is 5.41 Å². The Hall–Kier alpha value is -0.210. The van der Waals surface area contributed by atoms with Crippen LogP contribution in [0.1, 0.15) is 20.8 Å². The van der Waals surface area contributed by atoms with Crippen molar-refractivity contribution in [2.45, 2.75) is 32.2 Å². The molecule has 3 heteroatoms. The van der Waals surface area contributed by atoms with Crippen LogP contribution < -0.4 is 5.73 Å². The Bertz CT molecular complexity index is 195. The van der Waals surface area contributed by atoms with Gasteiger partial charge in [0.25, 0.3) is 0 Å². The van der Waals surface area contributed by atoms with E-state index in [2.05, 4.69) is 20.8 Å². The van der Waals surface area contributed by atoms with Gasteiger partial charge in [-0.05, 0) is 11.5 Å². The minimum absolute atomic E-state index is 0.00611. The molecule has 0 aromatic heterocycles. The van der Waals surface area contributed by atoms with E-state index in [1.807, 2.05) is 6.08 Å². The van der Waals surface area contributed by atoms with Crippen LogP contribution in [0.5, 0.6) is 0 Å². The molecular formula is C9H16ClNO. The zero-order valence-corrected chi connectivity index (χ0v) is 8.56. The average Bonchev–Trinajstić information content (AvgIpc) is 2.32. The first-order valence-corrected chi connectivity index (χ1v) is 4.59. The van der Waals surface area contributed by atoms with E-state index in [4.69, 9.17) is 22.1 Å². The Labute approximate surface area is 78.7 Å². The van der Waals surface area contributed by atoms with Crippen molar-refractivity contribution < 1.29 is 4.74 Å². The molecular weight excluding hydrogens is 174 g/mol. The molecule has 1 unspecified atom stereocenters. The van der Waals surface area contributed by atoms with E-state index in [0.717, 1.165) is 5.76 Å². The predicted octanol–water partition coefficient (Wildman–Crippen LogP) is 1.88. The summed E-state index contributed by atoms with van der Waals surface area (Å²) in [5, 5.41) is -0.00611. The van der Waals surface area contributed by atoms with Gasteiger partial charge in [0.15, 0.2) is 0 Å². The van der Waals surface area contributed by atoms with Crippen molar-refractivity contribution in [2.24, 2.45) is 11.1 Å². The second-order valence-corrected chi connectivity index (χ2v) is 4.80. The molecule has 0 saturated heterocycles. The van der Waals surface area contributed by atoms with E-state index in [-0.39, 0.29) is 16.8 Å². The molecule has 70 valence electrons. The van der Waals surface area contributed by atoms with Crippen LogP contribution >= 0.6 is 11.6 Å². The predicted molar refractivity (Wildman–Crippen MR) is 51.1 cm³/mol. The van der Waals surface area contributed by atoms with Crippen LogP contribution in [0.2, 0.25) is 0 Å². The third-order valence-electron chi connectivity index (χ3n) is 1.99. The second kappa shape index (κ2) is 3.27. The van der Waals surface area contributed by atoms with Gasteiger partial charge in [-0.1, -0.05) is 20.8 Å². The maximum absolute atomic E-state index is 5.97. The van der Waals surface area contributed by atoms with E-state index >= 15 is 0 Å². The smallest absolute Gasteiger partial charge is 0.111 e. The van der Waals surface area contributed by atoms with Gasteiger partial charge in [-0.15, -0.1) is 11.6 Å². The van der Waals surface area contributed by atoms with Crippen LogP contribution in [0.15, 0.2) is 11.8 Å². The lowest BCUT2D eigenvalue weighted by molar-refractivity contribution is 0.188. The highest BCUT2D eigenvalue weighted by molar-refractivity contribution is 6.22. The molecule has 1 aliphatic heterocycles. The fourth-order valence-corrected chi connectivity index (χ4v) is 1.26. The summed E-state index contributed by atoms with van der Waals surface area (Å²) in [6.45, 7) is 6.82. The quantitative estimate of drug-likeness (QED) is 0.640. The minimum Gasteiger partial charge on any atom is -0.495 e. The zero-order valence-electron chi connectivity index (χ0n) is 7.80. The van der Waals surface area contributed by atoms with E-state index in [1.54, 1.807) is 0 Å². The lowest BCUT2D eigenvalue weighted by atomic mass is 9.86. The first kappa shape index (κ1) is 9.87. The molecule has 0 bridgehead atoms. The fourth-order valence-electron chi connectivity index (χ4n) is 1.07. The molecule has 0 amide bonds. The number of halogens is 1. The fraction of sp³-hybridized carbons (Fsp3) is 0.778. The highest BCUT2D eigenvalue weighted by atomic mass is 35.5. The van der Waals surface area contributed by atoms with Crippen molar-refractivity contribution in [3.05, 3.63) is 11.8 Å². The highest BCUT2D eigenvalue weighted by Crippen LogP contribution is 2.27. The van der Waals surface area contributed by atoms with Crippen LogP contribution in [0.4, 0.5) is 0 Å². The Balaban J connectivity index is 2.65. The summed E-state index contributed by atoms with van der Waals surface area (Å²) in [6.07, 6.45) is 1.90. The topological polar surface area (TPSA) is 35.2 Å². The van der Waals surface area contributed by atoms with E-state index in [9.17, 15) is 0 Å². The normalized spacial score (nSPS) is 26.4. The summed E-state index contributed by atoms with van der Waals surface area (Å²) in [5.74, 6) is 0.836. The lowest BCUT2D eigenvalue weighted by Crippen LogP contribution is -2.36. The van der Waals surface area contributed by atoms with Crippen molar-refractivity contribution in [1.82, 2.24) is 0 Å². The van der Waals surface area contributed by atoms with E-state index < -0.39 is 0 Å². The molecule has 2 N–H and O–H groups in total. The molecule has 2 atom stereocenters. The molecule has 0 spiro atoms. The highest BCUT2D eigenvalue weighted by Gasteiger charge is 2.29. The molecule has 0 aliphatic carbocycles. The second-order valence-electron chi connectivity index (χ2n) is 4.24. The Morgan fingerprint density at radius 2 is 2.25 bits per heavy atom. The van der Waals surface area contributed by atoms with Gasteiger partial charge >= 0.3 is 0 Å². The van der Waals surface area contributed by atoms with Crippen molar-refractivity contribution in [2.75, 3.05) is 6.61 Å². The van der Waals surface area contributed by atoms with Gasteiger partial charge in [-0.2, -0.15) is 0 Å². The number of nitrogens with two attached hydrogens (primary N) is 1. The molecule has 1 aliphatic rings. The average molecular weight is 190 g/mol. The van der Waals surface area contributed by atoms with Crippen molar-refractivity contribution in [3.8, 4) is 0 Å². The number of alkyl halides is 1. The maximum atomic E-state index is 5.97. The summed E-state index contributed by atoms with van der Waals surface area (Å²) in [4.78, 5) is 0. The first-order valence-electron chi connectivity index (χ1n) is 4.15. The van der Waals surface area contributed by atoms with Crippen molar-refractivity contribution in [1.29, 1.82) is 0 Å². The molecule has 0 fully saturated rings. The Morgan fingerprint density at radius 3 is 2.58 bits per heavy atom. The van der Waals surface area contributed by atoms with Crippen LogP contribution in [0.3, 0.4) is 0 Å². The summed E-state index contributed by atoms with van der Waals surface area (Å²) < 4.78 is 5.36. The van der Waals surface area contributed by atoms with Crippen LogP contribution in [0.25, 0.3) is 0 Å². The summed E-state index contributed by atoms with van der Waals surface area (Å²) in [5.41, 5.74) is 6.00. The third kappa shape index (κ3) is 2.14. The van der Waals surface area contributed by atoms with Gasteiger partial charge in [0.05, 0.1) is 11.4 Å². The molecule has 1 heterocycles. The van der Waals surface area contributed by atoms with Gasteiger partial charge < -0.3 is 10.5 Å². The van der Waals surface area contributed by atoms with Gasteiger partial charge in [0.2, 0.25) is 0 Å². The molecule has 0 radical (unpaired) electrons. The molecule has 0 aromatic rings. The number of hydrogen-bond acceptors (Lipinski definition) is 2. The zero-order chi connectivity index (χ0) is 9.35. The SMILES string of the molecule is CC(C)(C)[C@@H](N)C1=CC(Cl)CO1. The molecule has 12 heavy (non-hydrogen) atoms.